The number of anilines is 1. The number of ether oxygens (including phenoxy) is 2. The van der Waals surface area contributed by atoms with Crippen LogP contribution in [-0.2, 0) is 11.3 Å². The Morgan fingerprint density at radius 3 is 2.77 bits per heavy atom. The van der Waals surface area contributed by atoms with Crippen LogP contribution in [0.1, 0.15) is 32.7 Å². The largest absolute Gasteiger partial charge is 0.497 e. The number of carbonyl (C=O) groups is 1. The molecule has 10 heteroatoms. The molecule has 0 bridgehead atoms. The monoisotopic (exact) mass is 447 g/mol. The number of benzene rings is 1. The Labute approximate surface area is 184 Å². The third-order valence-electron chi connectivity index (χ3n) is 4.02. The summed E-state index contributed by atoms with van der Waals surface area (Å²) in [4.78, 5) is 16.3. The molecule has 2 aromatic heterocycles. The molecule has 1 N–H and O–H groups in total. The van der Waals surface area contributed by atoms with Crippen LogP contribution < -0.4 is 14.8 Å². The fraction of sp³-hybridized carbons (Fsp3) is 0.400. The Bertz CT molecular complexity index is 959. The molecule has 1 unspecified atom stereocenters. The number of nitrogens with zero attached hydrogens (tertiary/aromatic N) is 4. The van der Waals surface area contributed by atoms with Gasteiger partial charge in [0, 0.05) is 24.2 Å². The summed E-state index contributed by atoms with van der Waals surface area (Å²) in [6.45, 7) is 6.91. The predicted molar refractivity (Wildman–Crippen MR) is 118 cm³/mol. The van der Waals surface area contributed by atoms with E-state index in [0.717, 1.165) is 12.3 Å². The zero-order valence-electron chi connectivity index (χ0n) is 17.4. The minimum Gasteiger partial charge on any atom is -0.497 e. The van der Waals surface area contributed by atoms with E-state index in [-0.39, 0.29) is 17.8 Å². The molecule has 0 saturated carbocycles. The highest BCUT2D eigenvalue weighted by atomic mass is 32.2. The average Bonchev–Trinajstić information content (AvgIpc) is 3.36. The summed E-state index contributed by atoms with van der Waals surface area (Å²) in [5.41, 5.74) is 0. The van der Waals surface area contributed by atoms with Crippen molar-refractivity contribution in [2.24, 2.45) is 5.92 Å². The molecular weight excluding hydrogens is 422 g/mol. The Hall–Kier alpha value is -2.59. The first-order valence-corrected chi connectivity index (χ1v) is 11.4. The second-order valence-corrected chi connectivity index (χ2v) is 8.80. The lowest BCUT2D eigenvalue weighted by Gasteiger charge is -2.18. The molecule has 0 spiro atoms. The maximum atomic E-state index is 12.2. The Kier molecular flexibility index (Phi) is 7.69. The first kappa shape index (κ1) is 22.1. The molecule has 8 nitrogen and oxygen atoms in total. The predicted octanol–water partition coefficient (Wildman–Crippen LogP) is 4.27. The molecule has 160 valence electrons. The van der Waals surface area contributed by atoms with Crippen LogP contribution >= 0.6 is 23.1 Å². The highest BCUT2D eigenvalue weighted by molar-refractivity contribution is 7.99. The molecule has 0 fully saturated rings. The summed E-state index contributed by atoms with van der Waals surface area (Å²) in [6.07, 6.45) is 1.34. The number of carbonyl (C=O) groups excluding carboxylic acids is 1. The zero-order chi connectivity index (χ0) is 21.5. The van der Waals surface area contributed by atoms with E-state index < -0.39 is 0 Å². The van der Waals surface area contributed by atoms with Gasteiger partial charge >= 0.3 is 0 Å². The lowest BCUT2D eigenvalue weighted by Crippen LogP contribution is -2.17. The number of hydrogen-bond donors (Lipinski definition) is 1. The van der Waals surface area contributed by atoms with Gasteiger partial charge in [-0.3, -0.25) is 4.79 Å². The van der Waals surface area contributed by atoms with Crippen molar-refractivity contribution < 1.29 is 14.3 Å². The third-order valence-corrected chi connectivity index (χ3v) is 5.68. The van der Waals surface area contributed by atoms with Crippen LogP contribution in [0.5, 0.6) is 11.5 Å². The molecule has 1 amide bonds. The van der Waals surface area contributed by atoms with E-state index >= 15 is 0 Å². The molecule has 0 radical (unpaired) electrons. The van der Waals surface area contributed by atoms with Gasteiger partial charge in [0.1, 0.15) is 11.5 Å². The number of methoxy groups -OCH3 is 1. The molecular formula is C20H25N5O3S2. The molecule has 0 saturated heterocycles. The fourth-order valence-corrected chi connectivity index (χ4v) is 4.05. The highest BCUT2D eigenvalue weighted by Crippen LogP contribution is 2.27. The highest BCUT2D eigenvalue weighted by Gasteiger charge is 2.21. The lowest BCUT2D eigenvalue weighted by molar-refractivity contribution is -0.113. The van der Waals surface area contributed by atoms with E-state index in [1.807, 2.05) is 41.1 Å². The smallest absolute Gasteiger partial charge is 0.236 e. The molecule has 3 aromatic rings. The van der Waals surface area contributed by atoms with Crippen molar-refractivity contribution >= 4 is 34.1 Å². The van der Waals surface area contributed by atoms with E-state index in [4.69, 9.17) is 9.47 Å². The SMILES string of the molecule is COc1cccc(OC(C)c2nnc(SCC(=O)Nc3nccs3)n2CC(C)C)c1. The molecule has 0 aliphatic heterocycles. The number of thioether (sulfide) groups is 1. The molecule has 1 aromatic carbocycles. The first-order valence-electron chi connectivity index (χ1n) is 9.52. The fourth-order valence-electron chi connectivity index (χ4n) is 2.75. The van der Waals surface area contributed by atoms with Gasteiger partial charge in [-0.1, -0.05) is 31.7 Å². The van der Waals surface area contributed by atoms with Crippen molar-refractivity contribution in [3.8, 4) is 11.5 Å². The lowest BCUT2D eigenvalue weighted by atomic mass is 10.2. The molecule has 30 heavy (non-hydrogen) atoms. The van der Waals surface area contributed by atoms with Gasteiger partial charge in [0.05, 0.1) is 12.9 Å². The Balaban J connectivity index is 1.71. The number of aromatic nitrogens is 4. The van der Waals surface area contributed by atoms with Gasteiger partial charge in [-0.05, 0) is 25.0 Å². The maximum absolute atomic E-state index is 12.2. The van der Waals surface area contributed by atoms with Crippen molar-refractivity contribution in [1.82, 2.24) is 19.7 Å². The van der Waals surface area contributed by atoms with Crippen LogP contribution in [0.4, 0.5) is 5.13 Å². The van der Waals surface area contributed by atoms with Crippen LogP contribution in [0.2, 0.25) is 0 Å². The summed E-state index contributed by atoms with van der Waals surface area (Å²) in [5, 5.41) is 14.5. The normalized spacial score (nSPS) is 12.0. The van der Waals surface area contributed by atoms with Gasteiger partial charge in [-0.25, -0.2) is 4.98 Å². The van der Waals surface area contributed by atoms with E-state index in [1.165, 1.54) is 23.1 Å². The molecule has 0 aliphatic carbocycles. The van der Waals surface area contributed by atoms with E-state index in [1.54, 1.807) is 13.3 Å². The van der Waals surface area contributed by atoms with Crippen molar-refractivity contribution in [2.75, 3.05) is 18.2 Å². The van der Waals surface area contributed by atoms with Gasteiger partial charge < -0.3 is 19.4 Å². The summed E-state index contributed by atoms with van der Waals surface area (Å²) >= 11 is 2.73. The minimum absolute atomic E-state index is 0.128. The quantitative estimate of drug-likeness (QED) is 0.464. The van der Waals surface area contributed by atoms with Crippen LogP contribution in [0.15, 0.2) is 41.0 Å². The van der Waals surface area contributed by atoms with Crippen molar-refractivity contribution in [3.05, 3.63) is 41.7 Å². The van der Waals surface area contributed by atoms with E-state index in [9.17, 15) is 4.79 Å². The number of rotatable bonds is 10. The minimum atomic E-state index is -0.318. The third kappa shape index (κ3) is 5.96. The summed E-state index contributed by atoms with van der Waals surface area (Å²) in [7, 11) is 1.62. The zero-order valence-corrected chi connectivity index (χ0v) is 19.0. The topological polar surface area (TPSA) is 91.2 Å². The summed E-state index contributed by atoms with van der Waals surface area (Å²) in [6, 6.07) is 7.45. The van der Waals surface area contributed by atoms with Gasteiger partial charge in [-0.2, -0.15) is 0 Å². The van der Waals surface area contributed by atoms with Gasteiger partial charge in [0.2, 0.25) is 5.91 Å². The Morgan fingerprint density at radius 2 is 2.07 bits per heavy atom. The van der Waals surface area contributed by atoms with Crippen LogP contribution in [-0.4, -0.2) is 38.5 Å². The molecule has 0 aliphatic rings. The number of thiazole rings is 1. The molecule has 2 heterocycles. The van der Waals surface area contributed by atoms with Crippen molar-refractivity contribution in [1.29, 1.82) is 0 Å². The van der Waals surface area contributed by atoms with E-state index in [0.29, 0.717) is 27.8 Å². The van der Waals surface area contributed by atoms with Crippen LogP contribution in [0.25, 0.3) is 0 Å². The van der Waals surface area contributed by atoms with Gasteiger partial charge in [-0.15, -0.1) is 21.5 Å². The van der Waals surface area contributed by atoms with Crippen molar-refractivity contribution in [2.45, 2.75) is 38.6 Å². The molecule has 1 atom stereocenters. The Morgan fingerprint density at radius 1 is 1.27 bits per heavy atom. The second kappa shape index (κ2) is 10.4. The van der Waals surface area contributed by atoms with Gasteiger partial charge in [0.25, 0.3) is 0 Å². The average molecular weight is 448 g/mol. The first-order chi connectivity index (χ1) is 14.5. The second-order valence-electron chi connectivity index (χ2n) is 6.96. The number of amides is 1. The maximum Gasteiger partial charge on any atom is 0.236 e. The van der Waals surface area contributed by atoms with Crippen LogP contribution in [0, 0.1) is 5.92 Å². The molecule has 3 rings (SSSR count). The summed E-state index contributed by atoms with van der Waals surface area (Å²) in [5.74, 6) is 2.61. The van der Waals surface area contributed by atoms with E-state index in [2.05, 4.69) is 34.3 Å². The number of hydrogen-bond acceptors (Lipinski definition) is 8. The number of nitrogens with one attached hydrogen (secondary N) is 1. The van der Waals surface area contributed by atoms with Gasteiger partial charge in [0.15, 0.2) is 22.2 Å². The van der Waals surface area contributed by atoms with Crippen LogP contribution in [0.3, 0.4) is 0 Å². The standard InChI is InChI=1S/C20H25N5O3S2/c1-13(2)11-25-18(14(3)28-16-7-5-6-15(10-16)27-4)23-24-20(25)30-12-17(26)22-19-21-8-9-29-19/h5-10,13-14H,11-12H2,1-4H3,(H,21,22,26). The summed E-state index contributed by atoms with van der Waals surface area (Å²) < 4.78 is 13.4. The van der Waals surface area contributed by atoms with Crippen molar-refractivity contribution in [3.63, 3.8) is 0 Å².